The van der Waals surface area contributed by atoms with E-state index in [0.29, 0.717) is 16.6 Å². The maximum Gasteiger partial charge on any atom is 0.0699 e. The first-order valence-corrected chi connectivity index (χ1v) is 7.37. The molecule has 0 saturated heterocycles. The zero-order chi connectivity index (χ0) is 11.6. The summed E-state index contributed by atoms with van der Waals surface area (Å²) in [5.41, 5.74) is 1.23. The molecule has 2 radical (unpaired) electrons. The molecule has 0 aromatic heterocycles. The first-order chi connectivity index (χ1) is 7.62. The highest BCUT2D eigenvalue weighted by atomic mass is 14.5. The van der Waals surface area contributed by atoms with Gasteiger partial charge in [0, 0.05) is 0 Å². The topological polar surface area (TPSA) is 0 Å². The summed E-state index contributed by atoms with van der Waals surface area (Å²) in [5.74, 6) is 0.489. The van der Waals surface area contributed by atoms with Gasteiger partial charge < -0.3 is 0 Å². The second-order valence-corrected chi connectivity index (χ2v) is 6.65. The first-order valence-electron chi connectivity index (χ1n) is 7.37. The predicted octanol–water partition coefficient (Wildman–Crippen LogP) is 4.88. The van der Waals surface area contributed by atoms with Crippen molar-refractivity contribution in [2.75, 3.05) is 0 Å². The maximum atomic E-state index is 6.26. The van der Waals surface area contributed by atoms with Crippen molar-refractivity contribution in [3.8, 4) is 0 Å². The number of hydrogen-bond acceptors (Lipinski definition) is 0. The van der Waals surface area contributed by atoms with E-state index in [4.69, 9.17) is 7.85 Å². The summed E-state index contributed by atoms with van der Waals surface area (Å²) >= 11 is 0. The molecule has 3 atom stereocenters. The molecule has 2 saturated carbocycles. The Kier molecular flexibility index (Phi) is 3.71. The van der Waals surface area contributed by atoms with Crippen LogP contribution in [0.25, 0.3) is 0 Å². The fourth-order valence-corrected chi connectivity index (χ4v) is 4.44. The molecule has 2 fully saturated rings. The van der Waals surface area contributed by atoms with E-state index in [0.717, 1.165) is 0 Å². The van der Waals surface area contributed by atoms with Gasteiger partial charge in [-0.25, -0.2) is 0 Å². The molecule has 16 heavy (non-hydrogen) atoms. The van der Waals surface area contributed by atoms with Gasteiger partial charge in [0.1, 0.15) is 0 Å². The van der Waals surface area contributed by atoms with Crippen molar-refractivity contribution in [3.05, 3.63) is 0 Å². The zero-order valence-corrected chi connectivity index (χ0v) is 11.2. The van der Waals surface area contributed by atoms with Crippen molar-refractivity contribution in [2.45, 2.75) is 83.9 Å². The minimum Gasteiger partial charge on any atom is -0.0768 e. The molecule has 2 rings (SSSR count). The van der Waals surface area contributed by atoms with E-state index in [1.807, 2.05) is 0 Å². The van der Waals surface area contributed by atoms with Gasteiger partial charge in [-0.3, -0.25) is 0 Å². The third-order valence-corrected chi connectivity index (χ3v) is 5.64. The Morgan fingerprint density at radius 2 is 1.94 bits per heavy atom. The molecule has 2 aliphatic carbocycles. The standard InChI is InChI=1S/C15H27B/c1-3-4-9-15-10-6-5-8-14(15,2)11-7-13(16)12-15/h13H,3-12H2,1-2H3. The summed E-state index contributed by atoms with van der Waals surface area (Å²) in [4.78, 5) is 0. The van der Waals surface area contributed by atoms with E-state index >= 15 is 0 Å². The van der Waals surface area contributed by atoms with Crippen molar-refractivity contribution in [1.29, 1.82) is 0 Å². The van der Waals surface area contributed by atoms with Crippen molar-refractivity contribution < 1.29 is 0 Å². The van der Waals surface area contributed by atoms with Gasteiger partial charge in [0.2, 0.25) is 0 Å². The van der Waals surface area contributed by atoms with Crippen molar-refractivity contribution >= 4 is 7.85 Å². The SMILES string of the molecule is [B]C1CCC2(C)CCCCC2(CCCC)C1. The Hall–Kier alpha value is 0.0649. The Balaban J connectivity index is 2.17. The molecule has 0 bridgehead atoms. The molecule has 0 amide bonds. The third kappa shape index (κ3) is 2.07. The van der Waals surface area contributed by atoms with Gasteiger partial charge in [-0.05, 0) is 36.5 Å². The normalized spacial score (nSPS) is 44.0. The zero-order valence-electron chi connectivity index (χ0n) is 11.2. The van der Waals surface area contributed by atoms with Crippen LogP contribution in [-0.2, 0) is 0 Å². The second-order valence-electron chi connectivity index (χ2n) is 6.65. The van der Waals surface area contributed by atoms with E-state index in [9.17, 15) is 0 Å². The van der Waals surface area contributed by atoms with Crippen LogP contribution in [0.3, 0.4) is 0 Å². The molecule has 3 unspecified atom stereocenters. The predicted molar refractivity (Wildman–Crippen MR) is 71.9 cm³/mol. The molecule has 0 heterocycles. The average Bonchev–Trinajstić information content (AvgIpc) is 2.27. The van der Waals surface area contributed by atoms with Crippen LogP contribution < -0.4 is 0 Å². The molecular weight excluding hydrogens is 191 g/mol. The lowest BCUT2D eigenvalue weighted by molar-refractivity contribution is -0.0492. The maximum absolute atomic E-state index is 6.26. The van der Waals surface area contributed by atoms with Gasteiger partial charge >= 0.3 is 0 Å². The van der Waals surface area contributed by atoms with E-state index in [1.54, 1.807) is 0 Å². The smallest absolute Gasteiger partial charge is 0.0699 e. The van der Waals surface area contributed by atoms with Crippen LogP contribution in [0.4, 0.5) is 0 Å². The average molecular weight is 218 g/mol. The van der Waals surface area contributed by atoms with Gasteiger partial charge in [-0.2, -0.15) is 0 Å². The quantitative estimate of drug-likeness (QED) is 0.592. The lowest BCUT2D eigenvalue weighted by atomic mass is 9.46. The molecule has 0 nitrogen and oxygen atoms in total. The van der Waals surface area contributed by atoms with Crippen LogP contribution in [0.15, 0.2) is 0 Å². The highest BCUT2D eigenvalue weighted by Gasteiger charge is 2.50. The Labute approximate surface area is 103 Å². The highest BCUT2D eigenvalue weighted by molar-refractivity contribution is 6.11. The number of fused-ring (bicyclic) bond motifs is 1. The number of rotatable bonds is 3. The molecule has 0 aromatic rings. The van der Waals surface area contributed by atoms with Crippen LogP contribution in [0.1, 0.15) is 78.1 Å². The van der Waals surface area contributed by atoms with Gasteiger partial charge in [-0.15, -0.1) is 0 Å². The fraction of sp³-hybridized carbons (Fsp3) is 1.00. The van der Waals surface area contributed by atoms with Crippen LogP contribution in [0.5, 0.6) is 0 Å². The molecule has 0 aliphatic heterocycles. The lowest BCUT2D eigenvalue weighted by Crippen LogP contribution is -2.46. The van der Waals surface area contributed by atoms with Crippen LogP contribution in [0, 0.1) is 10.8 Å². The van der Waals surface area contributed by atoms with E-state index in [-0.39, 0.29) is 0 Å². The van der Waals surface area contributed by atoms with Crippen molar-refractivity contribution in [1.82, 2.24) is 0 Å². The molecule has 0 N–H and O–H groups in total. The Bertz CT molecular complexity index is 238. The van der Waals surface area contributed by atoms with Gasteiger partial charge in [0.15, 0.2) is 0 Å². The molecular formula is C15H27B. The molecule has 2 aliphatic rings. The van der Waals surface area contributed by atoms with E-state index in [1.165, 1.54) is 64.2 Å². The monoisotopic (exact) mass is 218 g/mol. The summed E-state index contributed by atoms with van der Waals surface area (Å²) in [6.45, 7) is 4.88. The Morgan fingerprint density at radius 3 is 2.69 bits per heavy atom. The molecule has 0 aromatic carbocycles. The largest absolute Gasteiger partial charge is 0.0768 e. The van der Waals surface area contributed by atoms with Gasteiger partial charge in [-0.1, -0.05) is 58.2 Å². The molecule has 0 spiro atoms. The van der Waals surface area contributed by atoms with Crippen LogP contribution in [0.2, 0.25) is 5.82 Å². The van der Waals surface area contributed by atoms with E-state index < -0.39 is 0 Å². The second kappa shape index (κ2) is 4.74. The van der Waals surface area contributed by atoms with Gasteiger partial charge in [0.25, 0.3) is 0 Å². The number of unbranched alkanes of at least 4 members (excludes halogenated alkanes) is 1. The summed E-state index contributed by atoms with van der Waals surface area (Å²) in [7, 11) is 6.26. The fourth-order valence-electron chi connectivity index (χ4n) is 4.44. The number of hydrogen-bond donors (Lipinski definition) is 0. The minimum atomic E-state index is 0.489. The minimum absolute atomic E-state index is 0.489. The highest BCUT2D eigenvalue weighted by Crippen LogP contribution is 2.62. The molecule has 90 valence electrons. The van der Waals surface area contributed by atoms with Crippen LogP contribution >= 0.6 is 0 Å². The summed E-state index contributed by atoms with van der Waals surface area (Å²) in [5, 5.41) is 0. The van der Waals surface area contributed by atoms with Crippen molar-refractivity contribution in [2.24, 2.45) is 10.8 Å². The Morgan fingerprint density at radius 1 is 1.19 bits per heavy atom. The third-order valence-electron chi connectivity index (χ3n) is 5.64. The van der Waals surface area contributed by atoms with Crippen molar-refractivity contribution in [3.63, 3.8) is 0 Å². The molecule has 1 heteroatoms. The van der Waals surface area contributed by atoms with E-state index in [2.05, 4.69) is 13.8 Å². The van der Waals surface area contributed by atoms with Crippen LogP contribution in [-0.4, -0.2) is 7.85 Å². The van der Waals surface area contributed by atoms with Gasteiger partial charge in [0.05, 0.1) is 7.85 Å². The summed E-state index contributed by atoms with van der Waals surface area (Å²) in [6.07, 6.45) is 14.0. The summed E-state index contributed by atoms with van der Waals surface area (Å²) in [6, 6.07) is 0. The lowest BCUT2D eigenvalue weighted by Gasteiger charge is -2.57. The summed E-state index contributed by atoms with van der Waals surface area (Å²) < 4.78 is 0. The first kappa shape index (κ1) is 12.5.